The molecule has 5 nitrogen and oxygen atoms in total. The lowest BCUT2D eigenvalue weighted by atomic mass is 10.1. The smallest absolute Gasteiger partial charge is 0.223 e. The molecule has 0 atom stereocenters. The number of benzene rings is 2. The monoisotopic (exact) mass is 417 g/mol. The molecule has 1 saturated heterocycles. The van der Waals surface area contributed by atoms with Crippen LogP contribution in [0.2, 0.25) is 0 Å². The summed E-state index contributed by atoms with van der Waals surface area (Å²) in [5.41, 5.74) is 7.13. The van der Waals surface area contributed by atoms with Crippen LogP contribution in [0.15, 0.2) is 54.6 Å². The van der Waals surface area contributed by atoms with Crippen molar-refractivity contribution in [1.29, 1.82) is 0 Å². The first-order valence-corrected chi connectivity index (χ1v) is 11.0. The Labute approximate surface area is 184 Å². The van der Waals surface area contributed by atoms with Gasteiger partial charge in [0.05, 0.1) is 7.11 Å². The highest BCUT2D eigenvalue weighted by Crippen LogP contribution is 2.24. The maximum atomic E-state index is 12.8. The number of rotatable bonds is 6. The maximum absolute atomic E-state index is 12.8. The lowest BCUT2D eigenvalue weighted by Crippen LogP contribution is -2.49. The first-order valence-electron chi connectivity index (χ1n) is 11.0. The van der Waals surface area contributed by atoms with Crippen molar-refractivity contribution in [2.24, 2.45) is 0 Å². The molecule has 1 N–H and O–H groups in total. The number of hydrogen-bond donors (Lipinski definition) is 1. The van der Waals surface area contributed by atoms with Crippen LogP contribution in [0.3, 0.4) is 0 Å². The van der Waals surface area contributed by atoms with Crippen molar-refractivity contribution in [2.75, 3.05) is 38.2 Å². The van der Waals surface area contributed by atoms with E-state index in [0.717, 1.165) is 55.3 Å². The largest absolute Gasteiger partial charge is 0.497 e. The molecular weight excluding hydrogens is 386 g/mol. The standard InChI is InChI=1S/C26H31N3O2/c1-19-4-5-20(2)25(18-19)28-14-16-29(17-15-28)26(30)13-9-22-8-12-24(27-22)21-6-10-23(31-3)11-7-21/h4-8,10-12,18,27H,9,13-17H2,1-3H3. The van der Waals surface area contributed by atoms with Gasteiger partial charge in [0.25, 0.3) is 0 Å². The maximum Gasteiger partial charge on any atom is 0.223 e. The number of carbonyl (C=O) groups is 1. The molecule has 0 unspecified atom stereocenters. The van der Waals surface area contributed by atoms with Crippen LogP contribution >= 0.6 is 0 Å². The molecular formula is C26H31N3O2. The Balaban J connectivity index is 1.29. The van der Waals surface area contributed by atoms with Gasteiger partial charge in [0.2, 0.25) is 5.91 Å². The molecule has 1 aliphatic rings. The van der Waals surface area contributed by atoms with Crippen LogP contribution in [-0.2, 0) is 11.2 Å². The molecule has 31 heavy (non-hydrogen) atoms. The molecule has 1 amide bonds. The van der Waals surface area contributed by atoms with Gasteiger partial charge in [-0.25, -0.2) is 0 Å². The van der Waals surface area contributed by atoms with Crippen molar-refractivity contribution in [3.05, 3.63) is 71.4 Å². The van der Waals surface area contributed by atoms with Gasteiger partial charge in [-0.3, -0.25) is 4.79 Å². The number of ether oxygens (including phenoxy) is 1. The van der Waals surface area contributed by atoms with Crippen LogP contribution in [-0.4, -0.2) is 49.1 Å². The third-order valence-corrected chi connectivity index (χ3v) is 6.09. The highest BCUT2D eigenvalue weighted by atomic mass is 16.5. The van der Waals surface area contributed by atoms with Crippen molar-refractivity contribution in [3.63, 3.8) is 0 Å². The van der Waals surface area contributed by atoms with Crippen molar-refractivity contribution in [2.45, 2.75) is 26.7 Å². The predicted octanol–water partition coefficient (Wildman–Crippen LogP) is 4.59. The topological polar surface area (TPSA) is 48.6 Å². The molecule has 1 fully saturated rings. The fourth-order valence-corrected chi connectivity index (χ4v) is 4.18. The van der Waals surface area contributed by atoms with E-state index in [2.05, 4.69) is 54.1 Å². The summed E-state index contributed by atoms with van der Waals surface area (Å²) in [4.78, 5) is 20.6. The fourth-order valence-electron chi connectivity index (χ4n) is 4.18. The number of aromatic amines is 1. The Morgan fingerprint density at radius 1 is 0.968 bits per heavy atom. The Morgan fingerprint density at radius 2 is 1.71 bits per heavy atom. The van der Waals surface area contributed by atoms with Crippen LogP contribution in [0, 0.1) is 13.8 Å². The third-order valence-electron chi connectivity index (χ3n) is 6.09. The highest BCUT2D eigenvalue weighted by molar-refractivity contribution is 5.77. The van der Waals surface area contributed by atoms with E-state index in [9.17, 15) is 4.79 Å². The number of hydrogen-bond acceptors (Lipinski definition) is 3. The number of anilines is 1. The molecule has 3 aromatic rings. The summed E-state index contributed by atoms with van der Waals surface area (Å²) in [5.74, 6) is 1.08. The number of nitrogens with one attached hydrogen (secondary N) is 1. The van der Waals surface area contributed by atoms with Gasteiger partial charge in [-0.1, -0.05) is 12.1 Å². The van der Waals surface area contributed by atoms with Crippen LogP contribution in [0.25, 0.3) is 11.3 Å². The van der Waals surface area contributed by atoms with Gasteiger partial charge in [0, 0.05) is 49.7 Å². The number of amides is 1. The molecule has 1 aliphatic heterocycles. The number of aryl methyl sites for hydroxylation is 3. The number of methoxy groups -OCH3 is 1. The molecule has 162 valence electrons. The zero-order valence-electron chi connectivity index (χ0n) is 18.6. The minimum absolute atomic E-state index is 0.237. The van der Waals surface area contributed by atoms with Crippen molar-refractivity contribution in [3.8, 4) is 17.0 Å². The molecule has 0 aliphatic carbocycles. The summed E-state index contributed by atoms with van der Waals surface area (Å²) >= 11 is 0. The minimum Gasteiger partial charge on any atom is -0.497 e. The quantitative estimate of drug-likeness (QED) is 0.638. The van der Waals surface area contributed by atoms with Gasteiger partial charge < -0.3 is 19.5 Å². The van der Waals surface area contributed by atoms with E-state index >= 15 is 0 Å². The average Bonchev–Trinajstić information content (AvgIpc) is 3.28. The molecule has 2 aromatic carbocycles. The van der Waals surface area contributed by atoms with Gasteiger partial charge >= 0.3 is 0 Å². The van der Waals surface area contributed by atoms with Gasteiger partial charge in [0.1, 0.15) is 5.75 Å². The Kier molecular flexibility index (Phi) is 6.31. The third kappa shape index (κ3) is 4.93. The summed E-state index contributed by atoms with van der Waals surface area (Å²) in [6.45, 7) is 7.63. The summed E-state index contributed by atoms with van der Waals surface area (Å²) in [5, 5.41) is 0. The van der Waals surface area contributed by atoms with E-state index in [1.165, 1.54) is 16.8 Å². The Morgan fingerprint density at radius 3 is 2.42 bits per heavy atom. The van der Waals surface area contributed by atoms with Gasteiger partial charge in [-0.05, 0) is 79.4 Å². The number of nitrogens with zero attached hydrogens (tertiary/aromatic N) is 2. The summed E-state index contributed by atoms with van der Waals surface area (Å²) in [7, 11) is 1.67. The van der Waals surface area contributed by atoms with E-state index in [-0.39, 0.29) is 5.91 Å². The average molecular weight is 418 g/mol. The number of H-pyrrole nitrogens is 1. The van der Waals surface area contributed by atoms with E-state index in [1.54, 1.807) is 7.11 Å². The second kappa shape index (κ2) is 9.29. The second-order valence-electron chi connectivity index (χ2n) is 8.28. The van der Waals surface area contributed by atoms with Gasteiger partial charge in [-0.2, -0.15) is 0 Å². The fraction of sp³-hybridized carbons (Fsp3) is 0.346. The SMILES string of the molecule is COc1ccc(-c2ccc(CCC(=O)N3CCN(c4cc(C)ccc4C)CC3)[nH]2)cc1. The van der Waals surface area contributed by atoms with Crippen LogP contribution in [0.4, 0.5) is 5.69 Å². The Hall–Kier alpha value is -3.21. The van der Waals surface area contributed by atoms with Crippen molar-refractivity contribution >= 4 is 11.6 Å². The van der Waals surface area contributed by atoms with Crippen molar-refractivity contribution in [1.82, 2.24) is 9.88 Å². The molecule has 5 heteroatoms. The predicted molar refractivity (Wildman–Crippen MR) is 126 cm³/mol. The van der Waals surface area contributed by atoms with Gasteiger partial charge in [-0.15, -0.1) is 0 Å². The van der Waals surface area contributed by atoms with Crippen LogP contribution in [0.1, 0.15) is 23.2 Å². The lowest BCUT2D eigenvalue weighted by Gasteiger charge is -2.37. The molecule has 1 aromatic heterocycles. The van der Waals surface area contributed by atoms with Crippen molar-refractivity contribution < 1.29 is 9.53 Å². The molecule has 0 spiro atoms. The normalized spacial score (nSPS) is 14.0. The first-order chi connectivity index (χ1) is 15.0. The molecule has 2 heterocycles. The minimum atomic E-state index is 0.237. The number of aromatic nitrogens is 1. The zero-order valence-corrected chi connectivity index (χ0v) is 18.6. The van der Waals surface area contributed by atoms with E-state index in [1.807, 2.05) is 29.2 Å². The summed E-state index contributed by atoms with van der Waals surface area (Å²) < 4.78 is 5.22. The lowest BCUT2D eigenvalue weighted by molar-refractivity contribution is -0.131. The van der Waals surface area contributed by atoms with E-state index in [0.29, 0.717) is 6.42 Å². The van der Waals surface area contributed by atoms with E-state index < -0.39 is 0 Å². The number of piperazine rings is 1. The summed E-state index contributed by atoms with van der Waals surface area (Å²) in [6, 6.07) is 18.7. The molecule has 0 saturated carbocycles. The zero-order chi connectivity index (χ0) is 21.8. The van der Waals surface area contributed by atoms with Crippen LogP contribution < -0.4 is 9.64 Å². The number of carbonyl (C=O) groups excluding carboxylic acids is 1. The Bertz CT molecular complexity index is 1030. The first kappa shape index (κ1) is 21.0. The highest BCUT2D eigenvalue weighted by Gasteiger charge is 2.22. The summed E-state index contributed by atoms with van der Waals surface area (Å²) in [6.07, 6.45) is 1.26. The van der Waals surface area contributed by atoms with E-state index in [4.69, 9.17) is 4.74 Å². The van der Waals surface area contributed by atoms with Crippen LogP contribution in [0.5, 0.6) is 5.75 Å². The molecule has 4 rings (SSSR count). The van der Waals surface area contributed by atoms with Gasteiger partial charge in [0.15, 0.2) is 0 Å². The second-order valence-corrected chi connectivity index (χ2v) is 8.28. The molecule has 0 radical (unpaired) electrons. The molecule has 0 bridgehead atoms.